The molecular weight excluding hydrogens is 510 g/mol. The van der Waals surface area contributed by atoms with Gasteiger partial charge in [0.1, 0.15) is 0 Å². The molecule has 0 aromatic carbocycles. The largest absolute Gasteiger partial charge is 0.357 e. The molecule has 29 heavy (non-hydrogen) atoms. The topological polar surface area (TPSA) is 89.9 Å². The second-order valence-electron chi connectivity index (χ2n) is 6.55. The Morgan fingerprint density at radius 2 is 2.10 bits per heavy atom. The van der Waals surface area contributed by atoms with Crippen LogP contribution in [0.15, 0.2) is 23.3 Å². The zero-order chi connectivity index (χ0) is 20.6. The molecule has 0 bridgehead atoms. The minimum absolute atomic E-state index is 0. The van der Waals surface area contributed by atoms with Crippen LogP contribution < -0.4 is 15.5 Å². The molecule has 1 saturated heterocycles. The van der Waals surface area contributed by atoms with Crippen LogP contribution in [0.4, 0.5) is 10.2 Å². The van der Waals surface area contributed by atoms with Crippen molar-refractivity contribution in [3.63, 3.8) is 0 Å². The molecule has 1 aromatic heterocycles. The Labute approximate surface area is 190 Å². The van der Waals surface area contributed by atoms with Crippen LogP contribution in [0.25, 0.3) is 0 Å². The van der Waals surface area contributed by atoms with Gasteiger partial charge >= 0.3 is 0 Å². The predicted octanol–water partition coefficient (Wildman–Crippen LogP) is 1.64. The Morgan fingerprint density at radius 1 is 1.38 bits per heavy atom. The second kappa shape index (κ2) is 12.5. The molecule has 11 heteroatoms. The van der Waals surface area contributed by atoms with Crippen molar-refractivity contribution in [2.75, 3.05) is 49.9 Å². The maximum atomic E-state index is 13.9. The number of anilines is 1. The summed E-state index contributed by atoms with van der Waals surface area (Å²) < 4.78 is 39.9. The number of guanidine groups is 1. The van der Waals surface area contributed by atoms with E-state index in [9.17, 15) is 12.8 Å². The lowest BCUT2D eigenvalue weighted by Crippen LogP contribution is -2.45. The van der Waals surface area contributed by atoms with E-state index in [1.165, 1.54) is 10.4 Å². The number of hydrogen-bond acceptors (Lipinski definition) is 5. The van der Waals surface area contributed by atoms with Crippen molar-refractivity contribution in [3.8, 4) is 0 Å². The van der Waals surface area contributed by atoms with Crippen molar-refractivity contribution in [2.24, 2.45) is 4.99 Å². The van der Waals surface area contributed by atoms with Crippen LogP contribution in [0.1, 0.15) is 27.2 Å². The number of aromatic nitrogens is 1. The molecule has 1 fully saturated rings. The molecule has 8 nitrogen and oxygen atoms in total. The van der Waals surface area contributed by atoms with Crippen molar-refractivity contribution in [2.45, 2.75) is 33.2 Å². The molecule has 0 amide bonds. The van der Waals surface area contributed by atoms with E-state index in [0.717, 1.165) is 6.42 Å². The normalized spacial score (nSPS) is 17.3. The summed E-state index contributed by atoms with van der Waals surface area (Å²) in [4.78, 5) is 10.4. The first-order valence-corrected chi connectivity index (χ1v) is 11.4. The summed E-state index contributed by atoms with van der Waals surface area (Å²) in [6, 6.07) is 3.07. The van der Waals surface area contributed by atoms with Gasteiger partial charge in [-0.2, -0.15) is 0 Å². The smallest absolute Gasteiger partial charge is 0.215 e. The number of nitrogens with one attached hydrogen (secondary N) is 2. The van der Waals surface area contributed by atoms with Crippen LogP contribution >= 0.6 is 24.0 Å². The highest BCUT2D eigenvalue weighted by Gasteiger charge is 2.26. The first-order chi connectivity index (χ1) is 13.4. The molecule has 2 heterocycles. The van der Waals surface area contributed by atoms with Crippen molar-refractivity contribution in [1.82, 2.24) is 19.9 Å². The van der Waals surface area contributed by atoms with Gasteiger partial charge in [0.2, 0.25) is 10.0 Å². The van der Waals surface area contributed by atoms with Crippen molar-refractivity contribution in [1.29, 1.82) is 0 Å². The zero-order valence-electron chi connectivity index (χ0n) is 17.3. The minimum atomic E-state index is -3.30. The quantitative estimate of drug-likeness (QED) is 0.280. The molecule has 0 saturated carbocycles. The van der Waals surface area contributed by atoms with Crippen LogP contribution in [0.5, 0.6) is 0 Å². The van der Waals surface area contributed by atoms with Gasteiger partial charge in [-0.15, -0.1) is 24.0 Å². The van der Waals surface area contributed by atoms with Crippen molar-refractivity contribution in [3.05, 3.63) is 24.1 Å². The summed E-state index contributed by atoms with van der Waals surface area (Å²) in [5.41, 5.74) is 0. The van der Waals surface area contributed by atoms with Crippen LogP contribution in [0.3, 0.4) is 0 Å². The monoisotopic (exact) mass is 542 g/mol. The van der Waals surface area contributed by atoms with Gasteiger partial charge in [-0.05, 0) is 25.5 Å². The molecule has 0 spiro atoms. The molecule has 166 valence electrons. The lowest BCUT2D eigenvalue weighted by atomic mass is 10.3. The lowest BCUT2D eigenvalue weighted by Gasteiger charge is -2.20. The maximum absolute atomic E-state index is 13.9. The maximum Gasteiger partial charge on any atom is 0.215 e. The van der Waals surface area contributed by atoms with E-state index in [-0.39, 0.29) is 48.1 Å². The van der Waals surface area contributed by atoms with Crippen molar-refractivity contribution < 1.29 is 12.8 Å². The third-order valence-electron chi connectivity index (χ3n) is 4.63. The number of rotatable bonds is 9. The summed E-state index contributed by atoms with van der Waals surface area (Å²) >= 11 is 0. The molecule has 1 aliphatic rings. The van der Waals surface area contributed by atoms with Gasteiger partial charge in [-0.25, -0.2) is 22.1 Å². The highest BCUT2D eigenvalue weighted by molar-refractivity contribution is 14.0. The van der Waals surface area contributed by atoms with E-state index >= 15 is 0 Å². The number of hydrogen-bond donors (Lipinski definition) is 2. The highest BCUT2D eigenvalue weighted by Crippen LogP contribution is 2.20. The fourth-order valence-electron chi connectivity index (χ4n) is 3.21. The van der Waals surface area contributed by atoms with E-state index in [0.29, 0.717) is 44.5 Å². The lowest BCUT2D eigenvalue weighted by molar-refractivity contribution is 0.445. The van der Waals surface area contributed by atoms with Crippen LogP contribution in [-0.2, 0) is 10.0 Å². The van der Waals surface area contributed by atoms with E-state index < -0.39 is 10.0 Å². The van der Waals surface area contributed by atoms with E-state index in [1.54, 1.807) is 12.3 Å². The van der Waals surface area contributed by atoms with Crippen LogP contribution in [0, 0.1) is 5.82 Å². The standard InChI is InChI=1S/C18H31FN6O2S.HI/c1-4-20-18(22-11-13-28(26,27)25(5-2)6-3)23-15-9-12-24(14-15)17-16(19)8-7-10-21-17;/h7-8,10,15H,4-6,9,11-14H2,1-3H3,(H2,20,22,23);1H. The van der Waals surface area contributed by atoms with E-state index in [1.807, 2.05) is 25.7 Å². The summed E-state index contributed by atoms with van der Waals surface area (Å²) in [7, 11) is -3.30. The van der Waals surface area contributed by atoms with Gasteiger partial charge < -0.3 is 15.5 Å². The Kier molecular flexibility index (Phi) is 11.1. The molecule has 2 N–H and O–H groups in total. The van der Waals surface area contributed by atoms with Crippen molar-refractivity contribution >= 4 is 45.8 Å². The van der Waals surface area contributed by atoms with Gasteiger partial charge in [0.25, 0.3) is 0 Å². The molecule has 2 rings (SSSR count). The first-order valence-electron chi connectivity index (χ1n) is 9.79. The minimum Gasteiger partial charge on any atom is -0.357 e. The Morgan fingerprint density at radius 3 is 2.72 bits per heavy atom. The van der Waals surface area contributed by atoms with Gasteiger partial charge in [0, 0.05) is 45.0 Å². The third kappa shape index (κ3) is 7.52. The summed E-state index contributed by atoms with van der Waals surface area (Å²) in [6.45, 7) is 8.68. The summed E-state index contributed by atoms with van der Waals surface area (Å²) in [5, 5.41) is 6.46. The average molecular weight is 542 g/mol. The number of aliphatic imine (C=N–C) groups is 1. The number of nitrogens with zero attached hydrogens (tertiary/aromatic N) is 4. The fourth-order valence-corrected chi connectivity index (χ4v) is 4.58. The summed E-state index contributed by atoms with van der Waals surface area (Å²) in [5.74, 6) is 0.580. The van der Waals surface area contributed by atoms with Gasteiger partial charge in [-0.1, -0.05) is 13.8 Å². The molecular formula is C18H32FIN6O2S. The molecule has 1 atom stereocenters. The van der Waals surface area contributed by atoms with Gasteiger partial charge in [0.05, 0.1) is 12.3 Å². The third-order valence-corrected chi connectivity index (χ3v) is 6.63. The Bertz CT molecular complexity index is 760. The predicted molar refractivity (Wildman–Crippen MR) is 126 cm³/mol. The Balaban J connectivity index is 0.00000420. The van der Waals surface area contributed by atoms with Crippen LogP contribution in [-0.4, -0.2) is 74.7 Å². The SMILES string of the molecule is CCNC(=NCCS(=O)(=O)N(CC)CC)NC1CCN(c2ncccc2F)C1.I. The molecule has 0 radical (unpaired) electrons. The highest BCUT2D eigenvalue weighted by atomic mass is 127. The molecule has 1 aliphatic heterocycles. The van der Waals surface area contributed by atoms with Gasteiger partial charge in [-0.3, -0.25) is 4.99 Å². The number of pyridine rings is 1. The first kappa shape index (κ1) is 25.8. The van der Waals surface area contributed by atoms with Gasteiger partial charge in [0.15, 0.2) is 17.6 Å². The molecule has 1 aromatic rings. The number of sulfonamides is 1. The summed E-state index contributed by atoms with van der Waals surface area (Å²) in [6.07, 6.45) is 2.40. The second-order valence-corrected chi connectivity index (χ2v) is 8.63. The van der Waals surface area contributed by atoms with E-state index in [2.05, 4.69) is 20.6 Å². The van der Waals surface area contributed by atoms with E-state index in [4.69, 9.17) is 0 Å². The number of halogens is 2. The molecule has 1 unspecified atom stereocenters. The zero-order valence-corrected chi connectivity index (χ0v) is 20.4. The average Bonchev–Trinajstić information content (AvgIpc) is 3.11. The Hall–Kier alpha value is -1.21. The van der Waals surface area contributed by atoms with Crippen LogP contribution in [0.2, 0.25) is 0 Å². The molecule has 0 aliphatic carbocycles. The fraction of sp³-hybridized carbons (Fsp3) is 0.667.